The highest BCUT2D eigenvalue weighted by Crippen LogP contribution is 2.35. The monoisotopic (exact) mass is 575 g/mol. The number of carbonyl (C=O) groups excluding carboxylic acids is 1. The molecule has 0 aliphatic rings. The maximum Gasteiger partial charge on any atom is 0.438 e. The molecule has 210 valence electrons. The Kier molecular flexibility index (Phi) is 6.97. The fourth-order valence-corrected chi connectivity index (χ4v) is 4.31. The van der Waals surface area contributed by atoms with Crippen LogP contribution in [0, 0.1) is 5.82 Å². The van der Waals surface area contributed by atoms with Crippen LogP contribution in [0.15, 0.2) is 71.7 Å². The van der Waals surface area contributed by atoms with E-state index < -0.39 is 47.2 Å². The molecule has 0 amide bonds. The molecule has 0 fully saturated rings. The molecule has 13 heteroatoms. The SMILES string of the molecule is O=C(Cc1cc(C(F)(F)F)ccc1F)Cc1ccc(Oc2ccnc3[nH]c(=O)c(C(F)(F)F)nc23)c2ccccc12. The van der Waals surface area contributed by atoms with Gasteiger partial charge in [-0.25, -0.2) is 14.4 Å². The summed E-state index contributed by atoms with van der Waals surface area (Å²) < 4.78 is 99.0. The van der Waals surface area contributed by atoms with Gasteiger partial charge in [-0.05, 0) is 40.8 Å². The van der Waals surface area contributed by atoms with E-state index in [0.29, 0.717) is 34.5 Å². The number of aromatic amines is 1. The van der Waals surface area contributed by atoms with Crippen molar-refractivity contribution in [2.75, 3.05) is 0 Å². The van der Waals surface area contributed by atoms with Crippen LogP contribution < -0.4 is 10.3 Å². The number of halogens is 7. The van der Waals surface area contributed by atoms with Crippen molar-refractivity contribution >= 4 is 27.7 Å². The van der Waals surface area contributed by atoms with Gasteiger partial charge in [-0.2, -0.15) is 26.3 Å². The molecular formula is C28H16F7N3O3. The molecule has 0 saturated heterocycles. The summed E-state index contributed by atoms with van der Waals surface area (Å²) >= 11 is 0. The molecule has 5 rings (SSSR count). The van der Waals surface area contributed by atoms with Crippen LogP contribution in [-0.4, -0.2) is 20.7 Å². The third kappa shape index (κ3) is 5.74. The summed E-state index contributed by atoms with van der Waals surface area (Å²) in [5.41, 5.74) is -4.69. The quantitative estimate of drug-likeness (QED) is 0.225. The number of nitrogens with one attached hydrogen (secondary N) is 1. The Labute approximate surface area is 225 Å². The van der Waals surface area contributed by atoms with E-state index in [9.17, 15) is 40.3 Å². The van der Waals surface area contributed by atoms with Crippen molar-refractivity contribution in [3.8, 4) is 11.5 Å². The zero-order chi connectivity index (χ0) is 29.5. The fourth-order valence-electron chi connectivity index (χ4n) is 4.31. The second-order valence-corrected chi connectivity index (χ2v) is 8.99. The van der Waals surface area contributed by atoms with Crippen LogP contribution in [0.25, 0.3) is 21.9 Å². The average molecular weight is 575 g/mol. The van der Waals surface area contributed by atoms with Crippen LogP contribution in [0.1, 0.15) is 22.4 Å². The lowest BCUT2D eigenvalue weighted by atomic mass is 9.96. The predicted molar refractivity (Wildman–Crippen MR) is 133 cm³/mol. The van der Waals surface area contributed by atoms with Crippen LogP contribution in [0.5, 0.6) is 11.5 Å². The molecule has 0 bridgehead atoms. The van der Waals surface area contributed by atoms with E-state index in [2.05, 4.69) is 9.97 Å². The van der Waals surface area contributed by atoms with Gasteiger partial charge in [0.2, 0.25) is 5.69 Å². The number of aromatic nitrogens is 3. The van der Waals surface area contributed by atoms with Gasteiger partial charge in [0.1, 0.15) is 22.9 Å². The minimum atomic E-state index is -5.02. The summed E-state index contributed by atoms with van der Waals surface area (Å²) in [5.74, 6) is -1.44. The molecule has 0 aliphatic carbocycles. The number of ketones is 1. The van der Waals surface area contributed by atoms with Crippen LogP contribution >= 0.6 is 0 Å². The normalized spacial score (nSPS) is 12.2. The van der Waals surface area contributed by atoms with Crippen LogP contribution in [0.3, 0.4) is 0 Å². The number of hydrogen-bond donors (Lipinski definition) is 1. The van der Waals surface area contributed by atoms with Crippen molar-refractivity contribution in [2.24, 2.45) is 0 Å². The molecule has 3 aromatic carbocycles. The zero-order valence-electron chi connectivity index (χ0n) is 20.5. The van der Waals surface area contributed by atoms with Gasteiger partial charge in [-0.1, -0.05) is 30.3 Å². The number of Topliss-reactive ketones (excluding diaryl/α,β-unsaturated/α-hetero) is 1. The number of pyridine rings is 1. The Morgan fingerprint density at radius 3 is 2.24 bits per heavy atom. The lowest BCUT2D eigenvalue weighted by Crippen LogP contribution is -2.24. The molecule has 2 heterocycles. The van der Waals surface area contributed by atoms with Crippen molar-refractivity contribution in [2.45, 2.75) is 25.2 Å². The van der Waals surface area contributed by atoms with Gasteiger partial charge in [0.05, 0.1) is 5.56 Å². The second kappa shape index (κ2) is 10.3. The van der Waals surface area contributed by atoms with Crippen LogP contribution in [-0.2, 0) is 30.0 Å². The van der Waals surface area contributed by atoms with Crippen LogP contribution in [0.2, 0.25) is 0 Å². The molecule has 6 nitrogen and oxygen atoms in total. The standard InChI is InChI=1S/C28H16F7N3O3/c29-20-7-6-16(27(30,31)32)11-15(20)13-17(39)12-14-5-8-21(19-4-2-1-3-18(14)19)41-22-9-10-36-25-23(22)37-24(26(40)38-25)28(33,34)35/h1-11H,12-13H2,(H,36,38,40). The highest BCUT2D eigenvalue weighted by atomic mass is 19.4. The largest absolute Gasteiger partial charge is 0.454 e. The first-order valence-electron chi connectivity index (χ1n) is 11.8. The van der Waals surface area contributed by atoms with E-state index in [1.54, 1.807) is 24.3 Å². The smallest absolute Gasteiger partial charge is 0.438 e. The molecular weight excluding hydrogens is 559 g/mol. The third-order valence-electron chi connectivity index (χ3n) is 6.17. The van der Waals surface area contributed by atoms with Gasteiger partial charge in [-0.15, -0.1) is 0 Å². The highest BCUT2D eigenvalue weighted by molar-refractivity contribution is 5.95. The molecule has 1 N–H and O–H groups in total. The molecule has 41 heavy (non-hydrogen) atoms. The van der Waals surface area contributed by atoms with Crippen molar-refractivity contribution in [3.05, 3.63) is 105 Å². The van der Waals surface area contributed by atoms with Gasteiger partial charge in [-0.3, -0.25) is 9.59 Å². The number of ether oxygens (including phenoxy) is 1. The van der Waals surface area contributed by atoms with Gasteiger partial charge < -0.3 is 9.72 Å². The molecule has 5 aromatic rings. The minimum Gasteiger partial charge on any atom is -0.454 e. The molecule has 0 unspecified atom stereocenters. The first kappa shape index (κ1) is 27.7. The lowest BCUT2D eigenvalue weighted by molar-refractivity contribution is -0.142. The maximum atomic E-state index is 14.2. The number of rotatable bonds is 6. The Morgan fingerprint density at radius 2 is 1.54 bits per heavy atom. The summed E-state index contributed by atoms with van der Waals surface area (Å²) in [7, 11) is 0. The number of benzene rings is 3. The Balaban J connectivity index is 1.47. The Bertz CT molecular complexity index is 1860. The summed E-state index contributed by atoms with van der Waals surface area (Å²) in [6.07, 6.45) is -9.32. The van der Waals surface area contributed by atoms with E-state index >= 15 is 0 Å². The van der Waals surface area contributed by atoms with Gasteiger partial charge in [0.15, 0.2) is 11.4 Å². The number of carbonyl (C=O) groups is 1. The predicted octanol–water partition coefficient (Wildman–Crippen LogP) is 6.79. The van der Waals surface area contributed by atoms with Gasteiger partial charge in [0, 0.05) is 30.5 Å². The zero-order valence-corrected chi connectivity index (χ0v) is 20.5. The Morgan fingerprint density at radius 1 is 0.829 bits per heavy atom. The lowest BCUT2D eigenvalue weighted by Gasteiger charge is -2.14. The number of alkyl halides is 6. The first-order valence-corrected chi connectivity index (χ1v) is 11.8. The van der Waals surface area contributed by atoms with E-state index in [1.165, 1.54) is 24.4 Å². The number of H-pyrrole nitrogens is 1. The van der Waals surface area contributed by atoms with Crippen molar-refractivity contribution in [1.29, 1.82) is 0 Å². The van der Waals surface area contributed by atoms with E-state index in [-0.39, 0.29) is 34.6 Å². The molecule has 0 aliphatic heterocycles. The fraction of sp³-hybridized carbons (Fsp3) is 0.143. The number of nitrogens with zero attached hydrogens (tertiary/aromatic N) is 2. The molecule has 0 atom stereocenters. The third-order valence-corrected chi connectivity index (χ3v) is 6.17. The average Bonchev–Trinajstić information content (AvgIpc) is 2.89. The van der Waals surface area contributed by atoms with E-state index in [0.717, 1.165) is 0 Å². The summed E-state index contributed by atoms with van der Waals surface area (Å²) in [6, 6.07) is 12.7. The second-order valence-electron chi connectivity index (χ2n) is 8.99. The first-order chi connectivity index (χ1) is 19.3. The summed E-state index contributed by atoms with van der Waals surface area (Å²) in [6.45, 7) is 0. The van der Waals surface area contributed by atoms with Gasteiger partial charge in [0.25, 0.3) is 5.56 Å². The van der Waals surface area contributed by atoms with Gasteiger partial charge >= 0.3 is 12.4 Å². The van der Waals surface area contributed by atoms with E-state index in [4.69, 9.17) is 4.74 Å². The Hall–Kier alpha value is -4.81. The topological polar surface area (TPSA) is 84.9 Å². The molecule has 2 aromatic heterocycles. The summed E-state index contributed by atoms with van der Waals surface area (Å²) in [4.78, 5) is 33.9. The maximum absolute atomic E-state index is 14.2. The minimum absolute atomic E-state index is 0.134. The van der Waals surface area contributed by atoms with Crippen molar-refractivity contribution in [3.63, 3.8) is 0 Å². The van der Waals surface area contributed by atoms with Crippen LogP contribution in [0.4, 0.5) is 30.7 Å². The number of fused-ring (bicyclic) bond motifs is 2. The molecule has 0 saturated carbocycles. The molecule has 0 radical (unpaired) electrons. The van der Waals surface area contributed by atoms with E-state index in [1.807, 2.05) is 4.98 Å². The van der Waals surface area contributed by atoms with Crippen molar-refractivity contribution in [1.82, 2.24) is 15.0 Å². The molecule has 0 spiro atoms. The highest BCUT2D eigenvalue weighted by Gasteiger charge is 2.37. The van der Waals surface area contributed by atoms with Crippen molar-refractivity contribution < 1.29 is 40.3 Å². The summed E-state index contributed by atoms with van der Waals surface area (Å²) in [5, 5.41) is 0.965. The number of hydrogen-bond acceptors (Lipinski definition) is 5.